The molecule has 224 valence electrons. The number of anilines is 2. The predicted octanol–water partition coefficient (Wildman–Crippen LogP) is 6.78. The number of carbonyl (C=O) groups excluding carboxylic acids is 2. The summed E-state index contributed by atoms with van der Waals surface area (Å²) in [5.41, 5.74) is 12.8. The Hall–Kier alpha value is -3.83. The van der Waals surface area contributed by atoms with E-state index in [4.69, 9.17) is 25.7 Å². The van der Waals surface area contributed by atoms with Gasteiger partial charge in [0.25, 0.3) is 0 Å². The molecule has 0 bridgehead atoms. The topological polar surface area (TPSA) is 114 Å². The van der Waals surface area contributed by atoms with E-state index >= 15 is 0 Å². The molecule has 12 heteroatoms. The van der Waals surface area contributed by atoms with Crippen molar-refractivity contribution < 1.29 is 45.8 Å². The van der Waals surface area contributed by atoms with Gasteiger partial charge in [-0.25, -0.2) is 9.59 Å². The van der Waals surface area contributed by atoms with Crippen molar-refractivity contribution in [2.75, 3.05) is 24.7 Å². The summed E-state index contributed by atoms with van der Waals surface area (Å²) in [6, 6.07) is 10.1. The van der Waals surface area contributed by atoms with E-state index in [1.54, 1.807) is 0 Å². The van der Waals surface area contributed by atoms with Gasteiger partial charge in [-0.1, -0.05) is 12.1 Å². The van der Waals surface area contributed by atoms with Gasteiger partial charge in [-0.2, -0.15) is 22.0 Å². The summed E-state index contributed by atoms with van der Waals surface area (Å²) in [4.78, 5) is 23.9. The summed E-state index contributed by atoms with van der Waals surface area (Å²) < 4.78 is 82.0. The lowest BCUT2D eigenvalue weighted by Crippen LogP contribution is -2.37. The van der Waals surface area contributed by atoms with Crippen LogP contribution in [0.5, 0.6) is 5.75 Å². The molecule has 0 amide bonds. The Morgan fingerprint density at radius 3 is 2.02 bits per heavy atom. The highest BCUT2D eigenvalue weighted by molar-refractivity contribution is 5.91. The zero-order valence-electron chi connectivity index (χ0n) is 22.3. The number of carbonyl (C=O) groups is 2. The summed E-state index contributed by atoms with van der Waals surface area (Å²) in [6.07, 6.45) is -5.12. The van der Waals surface area contributed by atoms with Crippen LogP contribution in [0.3, 0.4) is 0 Å². The van der Waals surface area contributed by atoms with Gasteiger partial charge < -0.3 is 25.7 Å². The molecule has 0 atom stereocenters. The van der Waals surface area contributed by atoms with Gasteiger partial charge >= 0.3 is 24.2 Å². The fraction of sp³-hybridized carbons (Fsp3) is 0.448. The number of hydrogen-bond acceptors (Lipinski definition) is 7. The van der Waals surface area contributed by atoms with Crippen molar-refractivity contribution in [3.8, 4) is 5.75 Å². The molecule has 2 aromatic carbocycles. The lowest BCUT2D eigenvalue weighted by molar-refractivity contribution is -0.225. The molecule has 0 heterocycles. The van der Waals surface area contributed by atoms with E-state index in [-0.39, 0.29) is 50.2 Å². The highest BCUT2D eigenvalue weighted by atomic mass is 19.4. The van der Waals surface area contributed by atoms with Crippen LogP contribution in [0.2, 0.25) is 0 Å². The van der Waals surface area contributed by atoms with Crippen molar-refractivity contribution in [2.24, 2.45) is 11.8 Å². The number of benzene rings is 2. The van der Waals surface area contributed by atoms with Crippen molar-refractivity contribution in [2.45, 2.75) is 57.2 Å². The number of nitrogens with two attached hydrogens (primary N) is 2. The highest BCUT2D eigenvalue weighted by Crippen LogP contribution is 2.42. The Kier molecular flexibility index (Phi) is 11.0. The van der Waals surface area contributed by atoms with Crippen molar-refractivity contribution in [1.29, 1.82) is 0 Å². The summed E-state index contributed by atoms with van der Waals surface area (Å²) in [7, 11) is 0. The van der Waals surface area contributed by atoms with E-state index < -0.39 is 42.5 Å². The largest absolute Gasteiger partial charge is 0.463 e. The van der Waals surface area contributed by atoms with Gasteiger partial charge in [-0.3, -0.25) is 0 Å². The minimum atomic E-state index is -4.29. The maximum absolute atomic E-state index is 14.6. The quantitative estimate of drug-likeness (QED) is 0.0930. The molecule has 1 saturated carbocycles. The number of esters is 2. The van der Waals surface area contributed by atoms with Crippen LogP contribution >= 0.6 is 0 Å². The third kappa shape index (κ3) is 10.9. The second kappa shape index (κ2) is 14.2. The lowest BCUT2D eigenvalue weighted by atomic mass is 9.80. The van der Waals surface area contributed by atoms with Crippen molar-refractivity contribution in [3.63, 3.8) is 0 Å². The molecular weight excluding hydrogens is 551 g/mol. The fourth-order valence-electron chi connectivity index (χ4n) is 4.55. The molecule has 0 aliphatic heterocycles. The van der Waals surface area contributed by atoms with Crippen LogP contribution in [0.4, 0.5) is 33.3 Å². The number of unbranched alkanes of at least 4 members (excludes halogenated alkanes) is 1. The molecule has 2 aromatic rings. The zero-order chi connectivity index (χ0) is 30.0. The van der Waals surface area contributed by atoms with Gasteiger partial charge in [0.2, 0.25) is 0 Å². The predicted molar refractivity (Wildman–Crippen MR) is 143 cm³/mol. The van der Waals surface area contributed by atoms with Gasteiger partial charge in [0, 0.05) is 23.9 Å². The Labute approximate surface area is 234 Å². The summed E-state index contributed by atoms with van der Waals surface area (Å²) in [5, 5.41) is 0. The average molecular weight is 585 g/mol. The smallest absolute Gasteiger partial charge is 0.400 e. The molecule has 0 radical (unpaired) electrons. The summed E-state index contributed by atoms with van der Waals surface area (Å²) in [5.74, 6) is -3.05. The fourth-order valence-corrected chi connectivity index (χ4v) is 4.55. The lowest BCUT2D eigenvalue weighted by Gasteiger charge is -2.33. The van der Waals surface area contributed by atoms with Crippen LogP contribution in [-0.4, -0.2) is 37.4 Å². The van der Waals surface area contributed by atoms with E-state index in [2.05, 4.69) is 0 Å². The first-order valence-corrected chi connectivity index (χ1v) is 13.2. The number of nitrogen functional groups attached to an aromatic ring is 2. The minimum Gasteiger partial charge on any atom is -0.463 e. The highest BCUT2D eigenvalue weighted by Gasteiger charge is 2.45. The Morgan fingerprint density at radius 2 is 1.44 bits per heavy atom. The molecular formula is C29H33F5N2O5. The van der Waals surface area contributed by atoms with Crippen molar-refractivity contribution >= 4 is 29.4 Å². The van der Waals surface area contributed by atoms with Gasteiger partial charge in [0.05, 0.1) is 24.7 Å². The SMILES string of the molecule is Nc1cc(N)cc(C(=O)OCCCCOC(=O)/C=C/c2ccc(OC(F)(F)C3CCC(CC(F)(F)F)CC3)cc2)c1. The molecule has 0 saturated heterocycles. The molecule has 0 unspecified atom stereocenters. The van der Waals surface area contributed by atoms with E-state index in [0.29, 0.717) is 29.8 Å². The Morgan fingerprint density at radius 1 is 0.854 bits per heavy atom. The van der Waals surface area contributed by atoms with E-state index in [1.165, 1.54) is 54.6 Å². The van der Waals surface area contributed by atoms with Gasteiger partial charge in [0.1, 0.15) is 5.75 Å². The molecule has 41 heavy (non-hydrogen) atoms. The monoisotopic (exact) mass is 584 g/mol. The molecule has 1 aliphatic carbocycles. The second-order valence-electron chi connectivity index (χ2n) is 10.0. The Bertz CT molecular complexity index is 1170. The van der Waals surface area contributed by atoms with Gasteiger partial charge in [-0.05, 0) is 86.4 Å². The van der Waals surface area contributed by atoms with Crippen molar-refractivity contribution in [3.05, 3.63) is 59.7 Å². The van der Waals surface area contributed by atoms with Gasteiger partial charge in [-0.15, -0.1) is 0 Å². The Balaban J connectivity index is 1.34. The minimum absolute atomic E-state index is 0.0410. The van der Waals surface area contributed by atoms with E-state index in [1.807, 2.05) is 0 Å². The third-order valence-corrected chi connectivity index (χ3v) is 6.62. The molecule has 7 nitrogen and oxygen atoms in total. The normalized spacial score (nSPS) is 17.8. The molecule has 1 fully saturated rings. The second-order valence-corrected chi connectivity index (χ2v) is 10.0. The number of halogens is 5. The van der Waals surface area contributed by atoms with Crippen LogP contribution in [0.25, 0.3) is 6.08 Å². The van der Waals surface area contributed by atoms with Crippen molar-refractivity contribution in [1.82, 2.24) is 0 Å². The van der Waals surface area contributed by atoms with Crippen LogP contribution in [0.1, 0.15) is 60.9 Å². The standard InChI is InChI=1S/C29H33F5N2O5/c30-28(31,32)18-20-3-8-22(9-4-20)29(33,34)41-25-10-5-19(6-11-25)7-12-26(37)39-13-1-2-14-40-27(38)21-15-23(35)17-24(36)16-21/h5-7,10-12,15-17,20,22H,1-4,8-9,13-14,18,35-36H2/b12-7+. The molecule has 1 aliphatic rings. The maximum atomic E-state index is 14.6. The van der Waals surface area contributed by atoms with E-state index in [9.17, 15) is 31.5 Å². The van der Waals surface area contributed by atoms with Crippen LogP contribution < -0.4 is 16.2 Å². The summed E-state index contributed by atoms with van der Waals surface area (Å²) >= 11 is 0. The summed E-state index contributed by atoms with van der Waals surface area (Å²) in [6.45, 7) is 0.222. The molecule has 0 spiro atoms. The number of rotatable bonds is 12. The number of alkyl halides is 5. The number of hydrogen-bond donors (Lipinski definition) is 2. The molecule has 4 N–H and O–H groups in total. The molecule has 3 rings (SSSR count). The number of ether oxygens (including phenoxy) is 3. The average Bonchev–Trinajstić information content (AvgIpc) is 2.88. The maximum Gasteiger partial charge on any atom is 0.400 e. The van der Waals surface area contributed by atoms with Gasteiger partial charge in [0.15, 0.2) is 0 Å². The van der Waals surface area contributed by atoms with E-state index in [0.717, 1.165) is 0 Å². The molecule has 0 aromatic heterocycles. The van der Waals surface area contributed by atoms with Crippen LogP contribution in [0, 0.1) is 11.8 Å². The van der Waals surface area contributed by atoms with Crippen LogP contribution in [-0.2, 0) is 14.3 Å². The first-order valence-electron chi connectivity index (χ1n) is 13.2. The first-order chi connectivity index (χ1) is 19.3. The third-order valence-electron chi connectivity index (χ3n) is 6.62. The van der Waals surface area contributed by atoms with Crippen LogP contribution in [0.15, 0.2) is 48.5 Å². The zero-order valence-corrected chi connectivity index (χ0v) is 22.3. The first kappa shape index (κ1) is 31.7.